The van der Waals surface area contributed by atoms with E-state index in [1.165, 1.54) is 0 Å². The lowest BCUT2D eigenvalue weighted by Crippen LogP contribution is -2.40. The fourth-order valence-corrected chi connectivity index (χ4v) is 1.79. The average Bonchev–Trinajstić information content (AvgIpc) is 2.19. The predicted molar refractivity (Wildman–Crippen MR) is 54.4 cm³/mol. The molecular weight excluding hydrogens is 162 g/mol. The van der Waals surface area contributed by atoms with E-state index in [4.69, 9.17) is 11.2 Å². The molecule has 1 fully saturated rings. The minimum atomic E-state index is 0.179. The molecule has 13 heavy (non-hydrogen) atoms. The molecule has 74 valence electrons. The van der Waals surface area contributed by atoms with Gasteiger partial charge in [0.2, 0.25) is 0 Å². The molecule has 1 N–H and O–H groups in total. The van der Waals surface area contributed by atoms with Crippen LogP contribution >= 0.6 is 0 Å². The Kier molecular flexibility index (Phi) is 4.27. The van der Waals surface area contributed by atoms with Gasteiger partial charge in [0.05, 0.1) is 6.04 Å². The molecular formula is C11H19NO. The fourth-order valence-electron chi connectivity index (χ4n) is 1.79. The molecule has 0 amide bonds. The number of ether oxygens (including phenoxy) is 1. The first kappa shape index (κ1) is 10.6. The van der Waals surface area contributed by atoms with Gasteiger partial charge in [-0.1, -0.05) is 5.92 Å². The third kappa shape index (κ3) is 3.38. The molecule has 0 radical (unpaired) electrons. The highest BCUT2D eigenvalue weighted by Gasteiger charge is 2.20. The Balaban J connectivity index is 2.29. The first-order valence-electron chi connectivity index (χ1n) is 5.04. The van der Waals surface area contributed by atoms with Crippen LogP contribution in [-0.2, 0) is 4.74 Å². The van der Waals surface area contributed by atoms with Gasteiger partial charge >= 0.3 is 0 Å². The summed E-state index contributed by atoms with van der Waals surface area (Å²) < 4.78 is 5.31. The lowest BCUT2D eigenvalue weighted by Gasteiger charge is -2.29. The summed E-state index contributed by atoms with van der Waals surface area (Å²) in [5, 5.41) is 3.41. The van der Waals surface area contributed by atoms with Gasteiger partial charge in [-0.2, -0.15) is 0 Å². The van der Waals surface area contributed by atoms with Crippen molar-refractivity contribution >= 4 is 0 Å². The second-order valence-electron chi connectivity index (χ2n) is 3.79. The lowest BCUT2D eigenvalue weighted by molar-refractivity contribution is 0.0555. The largest absolute Gasteiger partial charge is 0.381 e. The summed E-state index contributed by atoms with van der Waals surface area (Å²) in [5.74, 6) is 3.42. The van der Waals surface area contributed by atoms with Gasteiger partial charge in [-0.15, -0.1) is 6.42 Å². The summed E-state index contributed by atoms with van der Waals surface area (Å²) in [7, 11) is 0. The summed E-state index contributed by atoms with van der Waals surface area (Å²) in [4.78, 5) is 0. The van der Waals surface area contributed by atoms with E-state index in [9.17, 15) is 0 Å². The Hall–Kier alpha value is -0.520. The van der Waals surface area contributed by atoms with Crippen LogP contribution in [0.15, 0.2) is 0 Å². The molecule has 2 nitrogen and oxygen atoms in total. The van der Waals surface area contributed by atoms with E-state index < -0.39 is 0 Å². The normalized spacial score (nSPS) is 23.5. The Bertz CT molecular complexity index is 179. The van der Waals surface area contributed by atoms with Gasteiger partial charge in [-0.05, 0) is 32.6 Å². The molecule has 0 saturated carbocycles. The van der Waals surface area contributed by atoms with Crippen molar-refractivity contribution in [1.82, 2.24) is 5.32 Å². The standard InChI is InChI=1S/C11H19NO/c1-4-9(2)12-10(3)11-5-7-13-8-6-11/h1,9-12H,5-8H2,2-3H3. The number of hydrogen-bond acceptors (Lipinski definition) is 2. The molecule has 0 aromatic carbocycles. The van der Waals surface area contributed by atoms with Gasteiger partial charge in [0, 0.05) is 19.3 Å². The SMILES string of the molecule is C#CC(C)NC(C)C1CCOCC1. The van der Waals surface area contributed by atoms with Crippen LogP contribution in [0.3, 0.4) is 0 Å². The van der Waals surface area contributed by atoms with Crippen LogP contribution in [-0.4, -0.2) is 25.3 Å². The molecule has 2 atom stereocenters. The maximum atomic E-state index is 5.31. The van der Waals surface area contributed by atoms with Gasteiger partial charge in [0.15, 0.2) is 0 Å². The van der Waals surface area contributed by atoms with Crippen LogP contribution in [0.2, 0.25) is 0 Å². The molecule has 2 unspecified atom stereocenters. The Morgan fingerprint density at radius 2 is 2.00 bits per heavy atom. The monoisotopic (exact) mass is 181 g/mol. The van der Waals surface area contributed by atoms with E-state index in [1.807, 2.05) is 6.92 Å². The zero-order valence-corrected chi connectivity index (χ0v) is 8.55. The van der Waals surface area contributed by atoms with Crippen molar-refractivity contribution in [3.63, 3.8) is 0 Å². The maximum absolute atomic E-state index is 5.31. The van der Waals surface area contributed by atoms with Crippen LogP contribution < -0.4 is 5.32 Å². The molecule has 1 aliphatic heterocycles. The number of hydrogen-bond donors (Lipinski definition) is 1. The van der Waals surface area contributed by atoms with Crippen molar-refractivity contribution in [3.8, 4) is 12.3 Å². The molecule has 0 aromatic rings. The molecule has 0 aromatic heterocycles. The summed E-state index contributed by atoms with van der Waals surface area (Å²) in [6.45, 7) is 6.04. The Morgan fingerprint density at radius 3 is 2.54 bits per heavy atom. The lowest BCUT2D eigenvalue weighted by atomic mass is 9.92. The van der Waals surface area contributed by atoms with Crippen LogP contribution in [0.5, 0.6) is 0 Å². The van der Waals surface area contributed by atoms with Crippen molar-refractivity contribution in [2.75, 3.05) is 13.2 Å². The quantitative estimate of drug-likeness (QED) is 0.665. The minimum absolute atomic E-state index is 0.179. The van der Waals surface area contributed by atoms with Crippen LogP contribution in [0.1, 0.15) is 26.7 Å². The highest BCUT2D eigenvalue weighted by atomic mass is 16.5. The third-order valence-corrected chi connectivity index (χ3v) is 2.74. The number of nitrogens with one attached hydrogen (secondary N) is 1. The van der Waals surface area contributed by atoms with Gasteiger partial charge in [0.25, 0.3) is 0 Å². The van der Waals surface area contributed by atoms with E-state index in [0.29, 0.717) is 6.04 Å². The summed E-state index contributed by atoms with van der Waals surface area (Å²) in [6, 6.07) is 0.688. The molecule has 2 heteroatoms. The number of terminal acetylenes is 1. The molecule has 0 bridgehead atoms. The van der Waals surface area contributed by atoms with E-state index >= 15 is 0 Å². The van der Waals surface area contributed by atoms with Crippen molar-refractivity contribution in [1.29, 1.82) is 0 Å². The molecule has 0 aliphatic carbocycles. The summed E-state index contributed by atoms with van der Waals surface area (Å²) in [5.41, 5.74) is 0. The Morgan fingerprint density at radius 1 is 1.38 bits per heavy atom. The van der Waals surface area contributed by atoms with Crippen LogP contribution in [0.25, 0.3) is 0 Å². The van der Waals surface area contributed by atoms with Gasteiger partial charge < -0.3 is 10.1 Å². The zero-order valence-electron chi connectivity index (χ0n) is 8.55. The van der Waals surface area contributed by atoms with Crippen molar-refractivity contribution in [3.05, 3.63) is 0 Å². The van der Waals surface area contributed by atoms with Crippen LogP contribution in [0, 0.1) is 18.3 Å². The van der Waals surface area contributed by atoms with Crippen molar-refractivity contribution in [2.45, 2.75) is 38.8 Å². The smallest absolute Gasteiger partial charge is 0.0660 e. The first-order chi connectivity index (χ1) is 6.24. The zero-order chi connectivity index (χ0) is 9.68. The van der Waals surface area contributed by atoms with E-state index in [1.54, 1.807) is 0 Å². The topological polar surface area (TPSA) is 21.3 Å². The predicted octanol–water partition coefficient (Wildman–Crippen LogP) is 1.41. The average molecular weight is 181 g/mol. The van der Waals surface area contributed by atoms with Crippen molar-refractivity contribution in [2.24, 2.45) is 5.92 Å². The molecule has 1 rings (SSSR count). The molecule has 1 aliphatic rings. The highest BCUT2D eigenvalue weighted by molar-refractivity contribution is 4.97. The van der Waals surface area contributed by atoms with Gasteiger partial charge in [-0.25, -0.2) is 0 Å². The van der Waals surface area contributed by atoms with Crippen LogP contribution in [0.4, 0.5) is 0 Å². The summed E-state index contributed by atoms with van der Waals surface area (Å²) in [6.07, 6.45) is 7.63. The Labute approximate surface area is 81.0 Å². The molecule has 0 spiro atoms. The van der Waals surface area contributed by atoms with Gasteiger partial charge in [0.1, 0.15) is 0 Å². The van der Waals surface area contributed by atoms with E-state index in [0.717, 1.165) is 32.0 Å². The second-order valence-corrected chi connectivity index (χ2v) is 3.79. The molecule has 1 saturated heterocycles. The summed E-state index contributed by atoms with van der Waals surface area (Å²) >= 11 is 0. The van der Waals surface area contributed by atoms with E-state index in [2.05, 4.69) is 18.2 Å². The molecule has 1 heterocycles. The minimum Gasteiger partial charge on any atom is -0.381 e. The fraction of sp³-hybridized carbons (Fsp3) is 0.818. The maximum Gasteiger partial charge on any atom is 0.0660 e. The number of rotatable bonds is 3. The first-order valence-corrected chi connectivity index (χ1v) is 5.04. The highest BCUT2D eigenvalue weighted by Crippen LogP contribution is 2.18. The van der Waals surface area contributed by atoms with Gasteiger partial charge in [-0.3, -0.25) is 0 Å². The van der Waals surface area contributed by atoms with Crippen molar-refractivity contribution < 1.29 is 4.74 Å². The third-order valence-electron chi connectivity index (χ3n) is 2.74. The second kappa shape index (κ2) is 5.26. The van der Waals surface area contributed by atoms with E-state index in [-0.39, 0.29) is 6.04 Å².